The number of ether oxygens (including phenoxy) is 1. The van der Waals surface area contributed by atoms with Crippen LogP contribution in [-0.4, -0.2) is 17.6 Å². The van der Waals surface area contributed by atoms with E-state index in [-0.39, 0.29) is 29.6 Å². The van der Waals surface area contributed by atoms with Crippen LogP contribution in [0.3, 0.4) is 0 Å². The molecule has 2 N–H and O–H groups in total. The van der Waals surface area contributed by atoms with Crippen LogP contribution in [0.4, 0.5) is 10.1 Å². The van der Waals surface area contributed by atoms with Gasteiger partial charge in [0.2, 0.25) is 5.91 Å². The molecule has 2 rings (SSSR count). The van der Waals surface area contributed by atoms with E-state index in [2.05, 4.69) is 5.32 Å². The van der Waals surface area contributed by atoms with Crippen molar-refractivity contribution in [3.8, 4) is 11.5 Å². The molecule has 0 atom stereocenters. The van der Waals surface area contributed by atoms with E-state index in [1.165, 1.54) is 30.3 Å². The summed E-state index contributed by atoms with van der Waals surface area (Å²) in [6, 6.07) is 10.2. The first-order valence-electron chi connectivity index (χ1n) is 6.71. The number of anilines is 1. The van der Waals surface area contributed by atoms with Crippen LogP contribution in [0.25, 0.3) is 0 Å². The summed E-state index contributed by atoms with van der Waals surface area (Å²) in [5.74, 6) is -0.256. The van der Waals surface area contributed by atoms with Gasteiger partial charge in [-0.15, -0.1) is 0 Å². The molecule has 0 aliphatic heterocycles. The van der Waals surface area contributed by atoms with Crippen LogP contribution in [0.15, 0.2) is 42.5 Å². The monoisotopic (exact) mass is 323 g/mol. The average Bonchev–Trinajstić information content (AvgIpc) is 2.48. The van der Waals surface area contributed by atoms with Gasteiger partial charge in [0, 0.05) is 17.5 Å². The van der Waals surface area contributed by atoms with Crippen molar-refractivity contribution in [3.05, 3.63) is 53.3 Å². The van der Waals surface area contributed by atoms with Crippen LogP contribution < -0.4 is 10.1 Å². The molecule has 22 heavy (non-hydrogen) atoms. The number of hydrogen-bond acceptors (Lipinski definition) is 3. The zero-order valence-corrected chi connectivity index (χ0v) is 12.4. The van der Waals surface area contributed by atoms with E-state index in [1.807, 2.05) is 0 Å². The Hall–Kier alpha value is -2.27. The Labute approximate surface area is 132 Å². The Morgan fingerprint density at radius 3 is 2.86 bits per heavy atom. The lowest BCUT2D eigenvalue weighted by molar-refractivity contribution is -0.116. The molecule has 0 bridgehead atoms. The van der Waals surface area contributed by atoms with Crippen LogP contribution in [-0.2, 0) is 4.79 Å². The Morgan fingerprint density at radius 2 is 2.09 bits per heavy atom. The summed E-state index contributed by atoms with van der Waals surface area (Å²) in [5, 5.41) is 12.6. The highest BCUT2D eigenvalue weighted by molar-refractivity contribution is 6.31. The summed E-state index contributed by atoms with van der Waals surface area (Å²) in [6.45, 7) is 0.290. The number of hydrogen-bond donors (Lipinski definition) is 2. The molecule has 0 heterocycles. The molecule has 0 aromatic heterocycles. The first kappa shape index (κ1) is 16.1. The molecular formula is C16H15ClFNO3. The third kappa shape index (κ3) is 4.93. The molecule has 0 unspecified atom stereocenters. The maximum atomic E-state index is 12.9. The Balaban J connectivity index is 1.75. The summed E-state index contributed by atoms with van der Waals surface area (Å²) >= 11 is 5.79. The predicted octanol–water partition coefficient (Wildman–Crippen LogP) is 3.98. The normalized spacial score (nSPS) is 10.3. The van der Waals surface area contributed by atoms with E-state index < -0.39 is 0 Å². The lowest BCUT2D eigenvalue weighted by atomic mass is 10.2. The number of rotatable bonds is 6. The molecule has 2 aromatic carbocycles. The standard InChI is InChI=1S/C16H15ClFNO3/c17-11-6-7-15(20)14(9-11)19-16(21)5-2-8-22-13-4-1-3-12(18)10-13/h1,3-4,6-7,9-10,20H,2,5,8H2,(H,19,21). The van der Waals surface area contributed by atoms with Gasteiger partial charge >= 0.3 is 0 Å². The third-order valence-electron chi connectivity index (χ3n) is 2.85. The van der Waals surface area contributed by atoms with Crippen molar-refractivity contribution in [3.63, 3.8) is 0 Å². The molecule has 4 nitrogen and oxygen atoms in total. The Morgan fingerprint density at radius 1 is 1.27 bits per heavy atom. The molecule has 0 saturated carbocycles. The van der Waals surface area contributed by atoms with Gasteiger partial charge in [-0.1, -0.05) is 17.7 Å². The number of carbonyl (C=O) groups excluding carboxylic acids is 1. The maximum Gasteiger partial charge on any atom is 0.224 e. The molecular weight excluding hydrogens is 309 g/mol. The minimum atomic E-state index is -0.369. The maximum absolute atomic E-state index is 12.9. The molecule has 116 valence electrons. The first-order valence-corrected chi connectivity index (χ1v) is 7.09. The smallest absolute Gasteiger partial charge is 0.224 e. The van der Waals surface area contributed by atoms with Gasteiger partial charge in [-0.2, -0.15) is 0 Å². The lowest BCUT2D eigenvalue weighted by Gasteiger charge is -2.08. The van der Waals surface area contributed by atoms with Gasteiger partial charge in [0.15, 0.2) is 0 Å². The number of phenols is 1. The zero-order chi connectivity index (χ0) is 15.9. The summed E-state index contributed by atoms with van der Waals surface area (Å²) in [6.07, 6.45) is 0.672. The summed E-state index contributed by atoms with van der Waals surface area (Å²) in [7, 11) is 0. The van der Waals surface area contributed by atoms with E-state index in [9.17, 15) is 14.3 Å². The molecule has 0 aliphatic carbocycles. The Kier molecular flexibility index (Phi) is 5.61. The fraction of sp³-hybridized carbons (Fsp3) is 0.188. The summed E-state index contributed by atoms with van der Waals surface area (Å²) < 4.78 is 18.3. The number of nitrogens with one attached hydrogen (secondary N) is 1. The molecule has 0 spiro atoms. The van der Waals surface area contributed by atoms with E-state index in [4.69, 9.17) is 16.3 Å². The predicted molar refractivity (Wildman–Crippen MR) is 82.9 cm³/mol. The fourth-order valence-corrected chi connectivity index (χ4v) is 1.97. The number of halogens is 2. The second-order valence-electron chi connectivity index (χ2n) is 4.62. The highest BCUT2D eigenvalue weighted by Crippen LogP contribution is 2.26. The molecule has 2 aromatic rings. The van der Waals surface area contributed by atoms with Crippen LogP contribution in [0.1, 0.15) is 12.8 Å². The molecule has 0 radical (unpaired) electrons. The zero-order valence-electron chi connectivity index (χ0n) is 11.7. The van der Waals surface area contributed by atoms with Crippen molar-refractivity contribution in [2.24, 2.45) is 0 Å². The molecule has 0 fully saturated rings. The van der Waals surface area contributed by atoms with Gasteiger partial charge < -0.3 is 15.2 Å². The van der Waals surface area contributed by atoms with Gasteiger partial charge in [0.25, 0.3) is 0 Å². The summed E-state index contributed by atoms with van der Waals surface area (Å²) in [4.78, 5) is 11.8. The van der Waals surface area contributed by atoms with E-state index in [0.717, 1.165) is 0 Å². The quantitative estimate of drug-likeness (QED) is 0.624. The van der Waals surface area contributed by atoms with Gasteiger partial charge in [-0.3, -0.25) is 4.79 Å². The topological polar surface area (TPSA) is 58.6 Å². The molecule has 0 aliphatic rings. The Bertz CT molecular complexity index is 664. The van der Waals surface area contributed by atoms with Crippen molar-refractivity contribution >= 4 is 23.2 Å². The second kappa shape index (κ2) is 7.66. The van der Waals surface area contributed by atoms with Crippen molar-refractivity contribution in [2.75, 3.05) is 11.9 Å². The van der Waals surface area contributed by atoms with Crippen LogP contribution in [0.2, 0.25) is 5.02 Å². The number of amides is 1. The van der Waals surface area contributed by atoms with E-state index >= 15 is 0 Å². The minimum absolute atomic E-state index is 0.0474. The van der Waals surface area contributed by atoms with Gasteiger partial charge in [-0.25, -0.2) is 4.39 Å². The SMILES string of the molecule is O=C(CCCOc1cccc(F)c1)Nc1cc(Cl)ccc1O. The van der Waals surface area contributed by atoms with Crippen LogP contribution in [0.5, 0.6) is 11.5 Å². The largest absolute Gasteiger partial charge is 0.506 e. The van der Waals surface area contributed by atoms with Gasteiger partial charge in [0.05, 0.1) is 12.3 Å². The van der Waals surface area contributed by atoms with Gasteiger partial charge in [0.1, 0.15) is 17.3 Å². The van der Waals surface area contributed by atoms with E-state index in [0.29, 0.717) is 23.8 Å². The van der Waals surface area contributed by atoms with Crippen molar-refractivity contribution < 1.29 is 19.0 Å². The second-order valence-corrected chi connectivity index (χ2v) is 5.06. The number of carbonyl (C=O) groups is 1. The third-order valence-corrected chi connectivity index (χ3v) is 3.08. The van der Waals surface area contributed by atoms with Gasteiger partial charge in [-0.05, 0) is 36.8 Å². The minimum Gasteiger partial charge on any atom is -0.506 e. The first-order chi connectivity index (χ1) is 10.5. The number of benzene rings is 2. The van der Waals surface area contributed by atoms with Crippen molar-refractivity contribution in [1.29, 1.82) is 0 Å². The van der Waals surface area contributed by atoms with E-state index in [1.54, 1.807) is 12.1 Å². The molecule has 0 saturated heterocycles. The number of aromatic hydroxyl groups is 1. The van der Waals surface area contributed by atoms with Crippen molar-refractivity contribution in [1.82, 2.24) is 0 Å². The van der Waals surface area contributed by atoms with Crippen LogP contribution >= 0.6 is 11.6 Å². The number of phenolic OH excluding ortho intramolecular Hbond substituents is 1. The highest BCUT2D eigenvalue weighted by Gasteiger charge is 2.07. The lowest BCUT2D eigenvalue weighted by Crippen LogP contribution is -2.13. The highest BCUT2D eigenvalue weighted by atomic mass is 35.5. The fourth-order valence-electron chi connectivity index (χ4n) is 1.80. The summed E-state index contributed by atoms with van der Waals surface area (Å²) in [5.41, 5.74) is 0.267. The average molecular weight is 324 g/mol. The molecule has 1 amide bonds. The van der Waals surface area contributed by atoms with Crippen LogP contribution in [0, 0.1) is 5.82 Å². The molecule has 6 heteroatoms. The van der Waals surface area contributed by atoms with Crippen molar-refractivity contribution in [2.45, 2.75) is 12.8 Å².